The smallest absolute Gasteiger partial charge is 0.279 e. The second kappa shape index (κ2) is 10.0. The fraction of sp³-hybridized carbons (Fsp3) is 0.368. The SMILES string of the molecule is CSc1nc(C)c(CCC(=O)NNC(=O)[C@H](C)Oc2ccc(F)cc2)c(C)n1. The molecule has 0 bridgehead atoms. The molecule has 2 N–H and O–H groups in total. The van der Waals surface area contributed by atoms with Crippen LogP contribution in [-0.4, -0.2) is 34.1 Å². The number of ether oxygens (including phenoxy) is 1. The quantitative estimate of drug-likeness (QED) is 0.417. The molecule has 1 heterocycles. The van der Waals surface area contributed by atoms with Gasteiger partial charge >= 0.3 is 0 Å². The highest BCUT2D eigenvalue weighted by Crippen LogP contribution is 2.17. The third kappa shape index (κ3) is 6.19. The van der Waals surface area contributed by atoms with E-state index >= 15 is 0 Å². The molecule has 150 valence electrons. The number of amides is 2. The van der Waals surface area contributed by atoms with Crippen LogP contribution in [0.15, 0.2) is 29.4 Å². The van der Waals surface area contributed by atoms with Crippen LogP contribution in [0.25, 0.3) is 0 Å². The van der Waals surface area contributed by atoms with Crippen molar-refractivity contribution in [2.45, 2.75) is 44.9 Å². The van der Waals surface area contributed by atoms with Crippen LogP contribution in [0.1, 0.15) is 30.3 Å². The Balaban J connectivity index is 1.80. The number of nitrogens with one attached hydrogen (secondary N) is 2. The van der Waals surface area contributed by atoms with Gasteiger partial charge in [0, 0.05) is 17.8 Å². The number of nitrogens with zero attached hydrogens (tertiary/aromatic N) is 2. The number of hydrogen-bond donors (Lipinski definition) is 2. The molecule has 0 aliphatic rings. The first-order chi connectivity index (χ1) is 13.3. The van der Waals surface area contributed by atoms with Crippen LogP contribution >= 0.6 is 11.8 Å². The lowest BCUT2D eigenvalue weighted by Crippen LogP contribution is -2.47. The van der Waals surface area contributed by atoms with E-state index in [0.717, 1.165) is 17.0 Å². The second-order valence-electron chi connectivity index (χ2n) is 6.11. The van der Waals surface area contributed by atoms with Crippen molar-refractivity contribution in [2.75, 3.05) is 6.26 Å². The zero-order valence-electron chi connectivity index (χ0n) is 16.2. The van der Waals surface area contributed by atoms with Crippen LogP contribution < -0.4 is 15.6 Å². The first-order valence-corrected chi connectivity index (χ1v) is 9.91. The lowest BCUT2D eigenvalue weighted by molar-refractivity contribution is -0.132. The second-order valence-corrected chi connectivity index (χ2v) is 6.88. The number of hydrogen-bond acceptors (Lipinski definition) is 6. The molecule has 28 heavy (non-hydrogen) atoms. The Bertz CT molecular complexity index is 823. The normalized spacial score (nSPS) is 11.6. The molecule has 0 fully saturated rings. The molecule has 0 radical (unpaired) electrons. The molecule has 0 unspecified atom stereocenters. The maximum absolute atomic E-state index is 12.9. The maximum atomic E-state index is 12.9. The van der Waals surface area contributed by atoms with Crippen LogP contribution in [0.3, 0.4) is 0 Å². The van der Waals surface area contributed by atoms with Gasteiger partial charge in [-0.15, -0.1) is 0 Å². The Morgan fingerprint density at radius 3 is 2.32 bits per heavy atom. The summed E-state index contributed by atoms with van der Waals surface area (Å²) in [6.07, 6.45) is 1.69. The Morgan fingerprint density at radius 1 is 1.14 bits per heavy atom. The van der Waals surface area contributed by atoms with Crippen LogP contribution in [-0.2, 0) is 16.0 Å². The number of carbonyl (C=O) groups is 2. The highest BCUT2D eigenvalue weighted by molar-refractivity contribution is 7.98. The number of rotatable bonds is 7. The molecule has 0 aliphatic carbocycles. The molecule has 0 saturated carbocycles. The van der Waals surface area contributed by atoms with E-state index < -0.39 is 17.8 Å². The van der Waals surface area contributed by atoms with E-state index in [0.29, 0.717) is 17.3 Å². The van der Waals surface area contributed by atoms with Gasteiger partial charge in [0.1, 0.15) is 11.6 Å². The van der Waals surface area contributed by atoms with Gasteiger partial charge in [0.15, 0.2) is 11.3 Å². The van der Waals surface area contributed by atoms with E-state index in [1.165, 1.54) is 43.0 Å². The molecular weight excluding hydrogens is 383 g/mol. The van der Waals surface area contributed by atoms with Gasteiger partial charge in [-0.2, -0.15) is 0 Å². The number of benzene rings is 1. The van der Waals surface area contributed by atoms with E-state index in [4.69, 9.17) is 4.74 Å². The summed E-state index contributed by atoms with van der Waals surface area (Å²) >= 11 is 1.47. The van der Waals surface area contributed by atoms with Gasteiger partial charge in [0.2, 0.25) is 5.91 Å². The largest absolute Gasteiger partial charge is 0.481 e. The van der Waals surface area contributed by atoms with Gasteiger partial charge in [-0.05, 0) is 63.3 Å². The summed E-state index contributed by atoms with van der Waals surface area (Å²) in [5.74, 6) is -0.890. The van der Waals surface area contributed by atoms with Gasteiger partial charge in [-0.1, -0.05) is 11.8 Å². The lowest BCUT2D eigenvalue weighted by Gasteiger charge is -2.15. The van der Waals surface area contributed by atoms with Crippen LogP contribution in [0.4, 0.5) is 4.39 Å². The summed E-state index contributed by atoms with van der Waals surface area (Å²) in [6.45, 7) is 5.30. The monoisotopic (exact) mass is 406 g/mol. The van der Waals surface area contributed by atoms with Crippen molar-refractivity contribution >= 4 is 23.6 Å². The third-order valence-corrected chi connectivity index (χ3v) is 4.55. The van der Waals surface area contributed by atoms with Crippen molar-refractivity contribution in [3.05, 3.63) is 47.0 Å². The van der Waals surface area contributed by atoms with E-state index in [-0.39, 0.29) is 12.3 Å². The van der Waals surface area contributed by atoms with Gasteiger partial charge in [0.05, 0.1) is 0 Å². The van der Waals surface area contributed by atoms with Gasteiger partial charge in [0.25, 0.3) is 5.91 Å². The van der Waals surface area contributed by atoms with Crippen molar-refractivity contribution in [1.82, 2.24) is 20.8 Å². The molecule has 2 aromatic rings. The zero-order valence-corrected chi connectivity index (χ0v) is 17.0. The molecule has 9 heteroatoms. The first kappa shape index (κ1) is 21.6. The minimum atomic E-state index is -0.859. The summed E-state index contributed by atoms with van der Waals surface area (Å²) < 4.78 is 18.3. The fourth-order valence-corrected chi connectivity index (χ4v) is 2.92. The Morgan fingerprint density at radius 2 is 1.75 bits per heavy atom. The number of aryl methyl sites for hydroxylation is 2. The Hall–Kier alpha value is -2.68. The summed E-state index contributed by atoms with van der Waals surface area (Å²) in [4.78, 5) is 32.8. The van der Waals surface area contributed by atoms with Crippen molar-refractivity contribution < 1.29 is 18.7 Å². The fourth-order valence-electron chi connectivity index (χ4n) is 2.47. The number of hydrazine groups is 1. The van der Waals surface area contributed by atoms with Crippen LogP contribution in [0, 0.1) is 19.7 Å². The van der Waals surface area contributed by atoms with Gasteiger partial charge < -0.3 is 4.74 Å². The van der Waals surface area contributed by atoms with E-state index in [9.17, 15) is 14.0 Å². The number of carbonyl (C=O) groups excluding carboxylic acids is 2. The number of halogens is 1. The van der Waals surface area contributed by atoms with Crippen LogP contribution in [0.5, 0.6) is 5.75 Å². The molecule has 1 aromatic heterocycles. The van der Waals surface area contributed by atoms with E-state index in [2.05, 4.69) is 20.8 Å². The zero-order chi connectivity index (χ0) is 20.7. The molecule has 2 amide bonds. The van der Waals surface area contributed by atoms with E-state index in [1.54, 1.807) is 0 Å². The predicted octanol–water partition coefficient (Wildman–Crippen LogP) is 2.50. The number of thioether (sulfide) groups is 1. The molecule has 0 saturated heterocycles. The molecule has 1 atom stereocenters. The summed E-state index contributed by atoms with van der Waals surface area (Å²) in [5.41, 5.74) is 7.30. The van der Waals surface area contributed by atoms with Gasteiger partial charge in [-0.25, -0.2) is 14.4 Å². The average Bonchev–Trinajstić information content (AvgIpc) is 2.66. The van der Waals surface area contributed by atoms with E-state index in [1.807, 2.05) is 20.1 Å². The third-order valence-electron chi connectivity index (χ3n) is 4.01. The Labute approximate surface area is 167 Å². The average molecular weight is 406 g/mol. The summed E-state index contributed by atoms with van der Waals surface area (Å²) in [5, 5.41) is 0.700. The minimum Gasteiger partial charge on any atom is -0.481 e. The minimum absolute atomic E-state index is 0.178. The van der Waals surface area contributed by atoms with Crippen molar-refractivity contribution in [3.8, 4) is 5.75 Å². The highest BCUT2D eigenvalue weighted by atomic mass is 32.2. The number of aromatic nitrogens is 2. The van der Waals surface area contributed by atoms with Gasteiger partial charge in [-0.3, -0.25) is 20.4 Å². The topological polar surface area (TPSA) is 93.2 Å². The molecule has 1 aromatic carbocycles. The van der Waals surface area contributed by atoms with Crippen LogP contribution in [0.2, 0.25) is 0 Å². The maximum Gasteiger partial charge on any atom is 0.279 e. The lowest BCUT2D eigenvalue weighted by atomic mass is 10.1. The van der Waals surface area contributed by atoms with Crippen molar-refractivity contribution in [3.63, 3.8) is 0 Å². The summed E-state index contributed by atoms with van der Waals surface area (Å²) in [6, 6.07) is 5.32. The molecule has 0 spiro atoms. The summed E-state index contributed by atoms with van der Waals surface area (Å²) in [7, 11) is 0. The molecule has 7 nitrogen and oxygen atoms in total. The highest BCUT2D eigenvalue weighted by Gasteiger charge is 2.16. The standard InChI is InChI=1S/C19H23FN4O3S/c1-11-16(12(2)22-19(21-11)28-4)9-10-17(25)23-24-18(26)13(3)27-15-7-5-14(20)6-8-15/h5-8,13H,9-10H2,1-4H3,(H,23,25)(H,24,26)/t13-/m0/s1. The van der Waals surface area contributed by atoms with Crippen molar-refractivity contribution in [1.29, 1.82) is 0 Å². The Kier molecular flexibility index (Phi) is 7.74. The van der Waals surface area contributed by atoms with Crippen molar-refractivity contribution in [2.24, 2.45) is 0 Å². The molecule has 2 rings (SSSR count). The molecular formula is C19H23FN4O3S. The predicted molar refractivity (Wildman–Crippen MR) is 104 cm³/mol. The molecule has 0 aliphatic heterocycles. The first-order valence-electron chi connectivity index (χ1n) is 8.69.